The molecular weight excluding hydrogens is 404 g/mol. The zero-order chi connectivity index (χ0) is 22.5. The van der Waals surface area contributed by atoms with Gasteiger partial charge in [-0.15, -0.1) is 0 Å². The van der Waals surface area contributed by atoms with Gasteiger partial charge in [0.2, 0.25) is 5.91 Å². The molecule has 0 atom stereocenters. The molecule has 6 heteroatoms. The molecule has 0 radical (unpaired) electrons. The van der Waals surface area contributed by atoms with Crippen molar-refractivity contribution in [2.75, 3.05) is 26.8 Å². The Balaban J connectivity index is 1.47. The Bertz CT molecular complexity index is 1080. The first kappa shape index (κ1) is 21.9. The molecule has 0 unspecified atom stereocenters. The fraction of sp³-hybridized carbons (Fsp3) is 0.385. The van der Waals surface area contributed by atoms with Gasteiger partial charge < -0.3 is 19.4 Å². The third-order valence-electron chi connectivity index (χ3n) is 6.25. The maximum absolute atomic E-state index is 12.9. The summed E-state index contributed by atoms with van der Waals surface area (Å²) in [6.45, 7) is 3.45. The lowest BCUT2D eigenvalue weighted by Gasteiger charge is -2.31. The number of aryl methyl sites for hydroxylation is 1. The molecule has 0 saturated carbocycles. The normalized spacial score (nSPS) is 14.5. The van der Waals surface area contributed by atoms with E-state index in [1.807, 2.05) is 48.2 Å². The summed E-state index contributed by atoms with van der Waals surface area (Å²) in [5.74, 6) is 0.725. The molecule has 32 heavy (non-hydrogen) atoms. The van der Waals surface area contributed by atoms with Gasteiger partial charge in [-0.2, -0.15) is 0 Å². The second kappa shape index (κ2) is 9.90. The molecule has 4 rings (SSSR count). The van der Waals surface area contributed by atoms with Gasteiger partial charge in [-0.25, -0.2) is 0 Å². The highest BCUT2D eigenvalue weighted by Gasteiger charge is 2.28. The molecule has 6 nitrogen and oxygen atoms in total. The minimum atomic E-state index is -0.137. The third kappa shape index (κ3) is 4.64. The Morgan fingerprint density at radius 1 is 1.06 bits per heavy atom. The van der Waals surface area contributed by atoms with Crippen molar-refractivity contribution in [2.24, 2.45) is 5.92 Å². The van der Waals surface area contributed by atoms with Gasteiger partial charge in [0, 0.05) is 36.1 Å². The van der Waals surface area contributed by atoms with Crippen LogP contribution in [0, 0.1) is 5.92 Å². The fourth-order valence-corrected chi connectivity index (χ4v) is 4.48. The number of fused-ring (bicyclic) bond motifs is 1. The number of nitrogens with zero attached hydrogens (tertiary/aromatic N) is 1. The Morgan fingerprint density at radius 2 is 1.78 bits per heavy atom. The number of nitrogens with one attached hydrogen (secondary N) is 1. The second-order valence-electron chi connectivity index (χ2n) is 8.16. The number of carbonyl (C=O) groups is 2. The summed E-state index contributed by atoms with van der Waals surface area (Å²) >= 11 is 0. The van der Waals surface area contributed by atoms with Crippen molar-refractivity contribution in [2.45, 2.75) is 32.6 Å². The summed E-state index contributed by atoms with van der Waals surface area (Å²) in [4.78, 5) is 30.3. The quantitative estimate of drug-likeness (QED) is 0.553. The number of carbonyl (C=O) groups excluding carboxylic acids is 2. The molecule has 0 bridgehead atoms. The van der Waals surface area contributed by atoms with Crippen LogP contribution in [0.25, 0.3) is 22.2 Å². The van der Waals surface area contributed by atoms with E-state index in [0.29, 0.717) is 45.4 Å². The molecule has 0 aliphatic carbocycles. The van der Waals surface area contributed by atoms with E-state index in [-0.39, 0.29) is 17.8 Å². The minimum Gasteiger partial charge on any atom is -0.497 e. The fourth-order valence-electron chi connectivity index (χ4n) is 4.48. The largest absolute Gasteiger partial charge is 0.497 e. The maximum Gasteiger partial charge on any atom is 0.309 e. The molecule has 2 aromatic carbocycles. The number of benzene rings is 2. The van der Waals surface area contributed by atoms with Crippen molar-refractivity contribution in [3.8, 4) is 17.0 Å². The van der Waals surface area contributed by atoms with Crippen molar-refractivity contribution in [1.29, 1.82) is 0 Å². The van der Waals surface area contributed by atoms with Crippen LogP contribution in [0.1, 0.15) is 31.7 Å². The number of aromatic nitrogens is 1. The smallest absolute Gasteiger partial charge is 0.309 e. The number of ether oxygens (including phenoxy) is 2. The lowest BCUT2D eigenvalue weighted by Crippen LogP contribution is -2.40. The molecule has 1 aromatic heterocycles. The Labute approximate surface area is 188 Å². The molecule has 1 amide bonds. The van der Waals surface area contributed by atoms with E-state index in [1.165, 1.54) is 0 Å². The SMILES string of the molecule is CCOC(=O)C1CCN(C(=O)CCc2c(-c3ccc(OC)cc3)[nH]c3ccccc23)CC1. The third-order valence-corrected chi connectivity index (χ3v) is 6.25. The van der Waals surface area contributed by atoms with Crippen molar-refractivity contribution in [3.63, 3.8) is 0 Å². The van der Waals surface area contributed by atoms with Crippen LogP contribution >= 0.6 is 0 Å². The van der Waals surface area contributed by atoms with Gasteiger partial charge in [-0.05, 0) is 67.6 Å². The number of hydrogen-bond donors (Lipinski definition) is 1. The lowest BCUT2D eigenvalue weighted by atomic mass is 9.96. The highest BCUT2D eigenvalue weighted by molar-refractivity contribution is 5.91. The van der Waals surface area contributed by atoms with E-state index in [2.05, 4.69) is 17.1 Å². The van der Waals surface area contributed by atoms with Gasteiger partial charge in [0.15, 0.2) is 0 Å². The number of likely N-dealkylation sites (tertiary alicyclic amines) is 1. The van der Waals surface area contributed by atoms with Crippen molar-refractivity contribution >= 4 is 22.8 Å². The van der Waals surface area contributed by atoms with Crippen LogP contribution in [0.4, 0.5) is 0 Å². The van der Waals surface area contributed by atoms with Gasteiger partial charge >= 0.3 is 5.97 Å². The average Bonchev–Trinajstić information content (AvgIpc) is 3.21. The van der Waals surface area contributed by atoms with Crippen LogP contribution < -0.4 is 4.74 Å². The number of methoxy groups -OCH3 is 1. The number of rotatable bonds is 7. The first-order chi connectivity index (χ1) is 15.6. The number of H-pyrrole nitrogens is 1. The van der Waals surface area contributed by atoms with Crippen LogP contribution in [-0.2, 0) is 20.7 Å². The molecule has 3 aromatic rings. The lowest BCUT2D eigenvalue weighted by molar-refractivity contribution is -0.151. The van der Waals surface area contributed by atoms with Crippen LogP contribution in [0.3, 0.4) is 0 Å². The summed E-state index contributed by atoms with van der Waals surface area (Å²) in [6, 6.07) is 16.2. The molecule has 0 spiro atoms. The predicted molar refractivity (Wildman–Crippen MR) is 125 cm³/mol. The van der Waals surface area contributed by atoms with Crippen LogP contribution in [0.5, 0.6) is 5.75 Å². The van der Waals surface area contributed by atoms with E-state index in [0.717, 1.165) is 33.5 Å². The summed E-state index contributed by atoms with van der Waals surface area (Å²) in [5.41, 5.74) is 4.33. The molecule has 1 fully saturated rings. The average molecular weight is 435 g/mol. The highest BCUT2D eigenvalue weighted by atomic mass is 16.5. The van der Waals surface area contributed by atoms with Gasteiger partial charge in [0.25, 0.3) is 0 Å². The Morgan fingerprint density at radius 3 is 2.47 bits per heavy atom. The molecule has 168 valence electrons. The van der Waals surface area contributed by atoms with Crippen molar-refractivity contribution in [1.82, 2.24) is 9.88 Å². The van der Waals surface area contributed by atoms with Gasteiger partial charge in [-0.3, -0.25) is 9.59 Å². The number of esters is 1. The molecule has 1 aliphatic heterocycles. The first-order valence-corrected chi connectivity index (χ1v) is 11.3. The number of piperidine rings is 1. The zero-order valence-corrected chi connectivity index (χ0v) is 18.7. The topological polar surface area (TPSA) is 71.6 Å². The van der Waals surface area contributed by atoms with E-state index >= 15 is 0 Å². The van der Waals surface area contributed by atoms with E-state index < -0.39 is 0 Å². The minimum absolute atomic E-state index is 0.0886. The summed E-state index contributed by atoms with van der Waals surface area (Å²) in [6.07, 6.45) is 2.45. The Kier molecular flexibility index (Phi) is 6.78. The number of aromatic amines is 1. The van der Waals surface area contributed by atoms with Crippen molar-refractivity contribution in [3.05, 3.63) is 54.1 Å². The van der Waals surface area contributed by atoms with Gasteiger partial charge in [-0.1, -0.05) is 18.2 Å². The van der Waals surface area contributed by atoms with Crippen LogP contribution in [-0.4, -0.2) is 48.6 Å². The van der Waals surface area contributed by atoms with E-state index in [4.69, 9.17) is 9.47 Å². The number of hydrogen-bond acceptors (Lipinski definition) is 4. The number of para-hydroxylation sites is 1. The zero-order valence-electron chi connectivity index (χ0n) is 18.7. The molecule has 1 N–H and O–H groups in total. The van der Waals surface area contributed by atoms with Gasteiger partial charge in [0.05, 0.1) is 19.6 Å². The Hall–Kier alpha value is -3.28. The van der Waals surface area contributed by atoms with Crippen LogP contribution in [0.15, 0.2) is 48.5 Å². The first-order valence-electron chi connectivity index (χ1n) is 11.3. The van der Waals surface area contributed by atoms with Crippen LogP contribution in [0.2, 0.25) is 0 Å². The highest BCUT2D eigenvalue weighted by Crippen LogP contribution is 2.32. The van der Waals surface area contributed by atoms with Crippen molar-refractivity contribution < 1.29 is 19.1 Å². The molecule has 1 saturated heterocycles. The summed E-state index contributed by atoms with van der Waals surface area (Å²) < 4.78 is 10.4. The van der Waals surface area contributed by atoms with E-state index in [1.54, 1.807) is 7.11 Å². The second-order valence-corrected chi connectivity index (χ2v) is 8.16. The monoisotopic (exact) mass is 434 g/mol. The maximum atomic E-state index is 12.9. The molecular formula is C26H30N2O4. The standard InChI is InChI=1S/C26H30N2O4/c1-3-32-26(30)19-14-16-28(17-15-19)24(29)13-12-22-21-6-4-5-7-23(21)27-25(22)18-8-10-20(31-2)11-9-18/h4-11,19,27H,3,12-17H2,1-2H3. The summed E-state index contributed by atoms with van der Waals surface area (Å²) in [7, 11) is 1.66. The summed E-state index contributed by atoms with van der Waals surface area (Å²) in [5, 5.41) is 1.15. The molecule has 2 heterocycles. The number of amides is 1. The van der Waals surface area contributed by atoms with E-state index in [9.17, 15) is 9.59 Å². The molecule has 1 aliphatic rings. The van der Waals surface area contributed by atoms with Gasteiger partial charge in [0.1, 0.15) is 5.75 Å². The predicted octanol–water partition coefficient (Wildman–Crippen LogP) is 4.58.